The number of benzene rings is 1. The van der Waals surface area contributed by atoms with Crippen molar-refractivity contribution in [2.45, 2.75) is 19.9 Å². The van der Waals surface area contributed by atoms with Gasteiger partial charge < -0.3 is 15.7 Å². The Morgan fingerprint density at radius 2 is 1.81 bits per heavy atom. The van der Waals surface area contributed by atoms with Gasteiger partial charge in [0, 0.05) is 12.3 Å². The summed E-state index contributed by atoms with van der Waals surface area (Å²) in [4.78, 5) is 13.3. The van der Waals surface area contributed by atoms with Crippen molar-refractivity contribution < 1.29 is 9.50 Å². The highest BCUT2D eigenvalue weighted by Crippen LogP contribution is 2.24. The van der Waals surface area contributed by atoms with Gasteiger partial charge in [-0.3, -0.25) is 4.98 Å². The summed E-state index contributed by atoms with van der Waals surface area (Å²) in [5.74, 6) is 0.573. The number of para-hydroxylation sites is 1. The van der Waals surface area contributed by atoms with E-state index in [1.807, 2.05) is 32.0 Å². The van der Waals surface area contributed by atoms with E-state index in [9.17, 15) is 9.50 Å². The van der Waals surface area contributed by atoms with Gasteiger partial charge >= 0.3 is 0 Å². The Labute approximate surface area is 157 Å². The highest BCUT2D eigenvalue weighted by molar-refractivity contribution is 5.65. The summed E-state index contributed by atoms with van der Waals surface area (Å²) in [6.07, 6.45) is 1.68. The fourth-order valence-electron chi connectivity index (χ4n) is 2.51. The van der Waals surface area contributed by atoms with Crippen LogP contribution in [-0.2, 0) is 0 Å². The minimum atomic E-state index is -0.375. The molecule has 3 aromatic rings. The number of hydrogen-bond donors (Lipinski definition) is 3. The van der Waals surface area contributed by atoms with Crippen LogP contribution in [0.3, 0.4) is 0 Å². The fourth-order valence-corrected chi connectivity index (χ4v) is 2.51. The molecule has 0 saturated heterocycles. The van der Waals surface area contributed by atoms with E-state index in [0.29, 0.717) is 28.8 Å². The Morgan fingerprint density at radius 3 is 2.48 bits per heavy atom. The van der Waals surface area contributed by atoms with E-state index < -0.39 is 0 Å². The zero-order chi connectivity index (χ0) is 19.2. The lowest BCUT2D eigenvalue weighted by Gasteiger charge is -2.20. The number of nitrogens with one attached hydrogen (secondary N) is 2. The van der Waals surface area contributed by atoms with Crippen molar-refractivity contribution in [1.82, 2.24) is 15.0 Å². The standard InChI is InChI=1S/C20H22FN5O/c1-13(2)18(12-27)25-20-24-17(16-9-5-6-10-22-16)11-19(26-20)23-15-8-4-3-7-14(15)21/h3-11,13,18,27H,12H2,1-2H3,(H2,23,24,25,26)/t18-/m1/s1. The second-order valence-corrected chi connectivity index (χ2v) is 6.46. The Bertz CT molecular complexity index is 889. The number of aliphatic hydroxyl groups excluding tert-OH is 1. The summed E-state index contributed by atoms with van der Waals surface area (Å²) < 4.78 is 14.0. The average Bonchev–Trinajstić information content (AvgIpc) is 2.68. The van der Waals surface area contributed by atoms with Gasteiger partial charge in [0.2, 0.25) is 5.95 Å². The van der Waals surface area contributed by atoms with Gasteiger partial charge in [-0.2, -0.15) is 4.98 Å². The normalized spacial score (nSPS) is 12.0. The molecule has 2 aromatic heterocycles. The SMILES string of the molecule is CC(C)[C@@H](CO)Nc1nc(Nc2ccccc2F)cc(-c2ccccn2)n1. The minimum Gasteiger partial charge on any atom is -0.394 e. The van der Waals surface area contributed by atoms with Crippen molar-refractivity contribution in [2.24, 2.45) is 5.92 Å². The first-order chi connectivity index (χ1) is 13.1. The van der Waals surface area contributed by atoms with Crippen LogP contribution in [0, 0.1) is 11.7 Å². The fraction of sp³-hybridized carbons (Fsp3) is 0.250. The summed E-state index contributed by atoms with van der Waals surface area (Å²) in [5, 5.41) is 15.7. The monoisotopic (exact) mass is 367 g/mol. The molecule has 140 valence electrons. The molecule has 3 N–H and O–H groups in total. The lowest BCUT2D eigenvalue weighted by atomic mass is 10.1. The first-order valence-corrected chi connectivity index (χ1v) is 8.76. The number of rotatable bonds is 7. The lowest BCUT2D eigenvalue weighted by Crippen LogP contribution is -2.30. The van der Waals surface area contributed by atoms with E-state index in [0.717, 1.165) is 0 Å². The van der Waals surface area contributed by atoms with Gasteiger partial charge in [-0.1, -0.05) is 32.0 Å². The van der Waals surface area contributed by atoms with Gasteiger partial charge in [0.15, 0.2) is 0 Å². The molecule has 0 radical (unpaired) electrons. The highest BCUT2D eigenvalue weighted by atomic mass is 19.1. The second kappa shape index (κ2) is 8.55. The molecule has 0 amide bonds. The van der Waals surface area contributed by atoms with Gasteiger partial charge in [-0.05, 0) is 30.2 Å². The molecule has 2 heterocycles. The van der Waals surface area contributed by atoms with Gasteiger partial charge in [0.25, 0.3) is 0 Å². The molecule has 6 nitrogen and oxygen atoms in total. The molecule has 1 atom stereocenters. The summed E-state index contributed by atoms with van der Waals surface area (Å²) in [6.45, 7) is 3.94. The van der Waals surface area contributed by atoms with Crippen LogP contribution in [0.5, 0.6) is 0 Å². The number of halogens is 1. The van der Waals surface area contributed by atoms with Crippen LogP contribution in [0.15, 0.2) is 54.7 Å². The predicted octanol–water partition coefficient (Wildman–Crippen LogP) is 3.85. The molecule has 0 bridgehead atoms. The van der Waals surface area contributed by atoms with Crippen molar-refractivity contribution in [1.29, 1.82) is 0 Å². The molecule has 0 aliphatic carbocycles. The number of pyridine rings is 1. The maximum Gasteiger partial charge on any atom is 0.225 e. The van der Waals surface area contributed by atoms with Gasteiger partial charge in [0.05, 0.1) is 29.7 Å². The molecular formula is C20H22FN5O. The molecule has 0 fully saturated rings. The first kappa shape index (κ1) is 18.7. The second-order valence-electron chi connectivity index (χ2n) is 6.46. The van der Waals surface area contributed by atoms with Crippen molar-refractivity contribution in [3.05, 3.63) is 60.5 Å². The van der Waals surface area contributed by atoms with E-state index in [4.69, 9.17) is 0 Å². The molecule has 1 aromatic carbocycles. The number of hydrogen-bond acceptors (Lipinski definition) is 6. The third-order valence-electron chi connectivity index (χ3n) is 4.11. The van der Waals surface area contributed by atoms with E-state index in [1.165, 1.54) is 6.07 Å². The molecular weight excluding hydrogens is 345 g/mol. The zero-order valence-corrected chi connectivity index (χ0v) is 15.2. The molecule has 0 unspecified atom stereocenters. The van der Waals surface area contributed by atoms with E-state index in [-0.39, 0.29) is 24.4 Å². The third kappa shape index (κ3) is 4.77. The van der Waals surface area contributed by atoms with E-state index in [2.05, 4.69) is 25.6 Å². The molecule has 0 aliphatic rings. The van der Waals surface area contributed by atoms with E-state index >= 15 is 0 Å². The maximum absolute atomic E-state index is 14.0. The molecule has 3 rings (SSSR count). The summed E-state index contributed by atoms with van der Waals surface area (Å²) >= 11 is 0. The minimum absolute atomic E-state index is 0.0507. The van der Waals surface area contributed by atoms with Crippen LogP contribution >= 0.6 is 0 Å². The molecule has 0 saturated carbocycles. The number of aliphatic hydroxyl groups is 1. The van der Waals surface area contributed by atoms with Gasteiger partial charge in [0.1, 0.15) is 11.6 Å². The Balaban J connectivity index is 1.99. The zero-order valence-electron chi connectivity index (χ0n) is 15.2. The lowest BCUT2D eigenvalue weighted by molar-refractivity contribution is 0.248. The summed E-state index contributed by atoms with van der Waals surface area (Å²) in [5.41, 5.74) is 1.58. The van der Waals surface area contributed by atoms with Crippen molar-refractivity contribution in [3.63, 3.8) is 0 Å². The van der Waals surface area contributed by atoms with Crippen molar-refractivity contribution in [2.75, 3.05) is 17.2 Å². The molecule has 27 heavy (non-hydrogen) atoms. The van der Waals surface area contributed by atoms with Crippen LogP contribution in [0.4, 0.5) is 21.8 Å². The first-order valence-electron chi connectivity index (χ1n) is 8.76. The van der Waals surface area contributed by atoms with Crippen LogP contribution in [-0.4, -0.2) is 32.7 Å². The van der Waals surface area contributed by atoms with Crippen molar-refractivity contribution >= 4 is 17.5 Å². The van der Waals surface area contributed by atoms with Crippen molar-refractivity contribution in [3.8, 4) is 11.4 Å². The largest absolute Gasteiger partial charge is 0.394 e. The van der Waals surface area contributed by atoms with Gasteiger partial charge in [-0.15, -0.1) is 0 Å². The number of aromatic nitrogens is 3. The Hall–Kier alpha value is -3.06. The maximum atomic E-state index is 14.0. The quantitative estimate of drug-likeness (QED) is 0.588. The summed E-state index contributed by atoms with van der Waals surface area (Å²) in [7, 11) is 0. The molecule has 0 spiro atoms. The van der Waals surface area contributed by atoms with Crippen LogP contribution < -0.4 is 10.6 Å². The van der Waals surface area contributed by atoms with Gasteiger partial charge in [-0.25, -0.2) is 9.37 Å². The predicted molar refractivity (Wildman–Crippen MR) is 104 cm³/mol. The Kier molecular flexibility index (Phi) is 5.93. The van der Waals surface area contributed by atoms with Crippen LogP contribution in [0.25, 0.3) is 11.4 Å². The smallest absolute Gasteiger partial charge is 0.225 e. The van der Waals surface area contributed by atoms with Crippen LogP contribution in [0.1, 0.15) is 13.8 Å². The van der Waals surface area contributed by atoms with Crippen LogP contribution in [0.2, 0.25) is 0 Å². The summed E-state index contributed by atoms with van der Waals surface area (Å²) in [6, 6.07) is 13.4. The number of anilines is 3. The highest BCUT2D eigenvalue weighted by Gasteiger charge is 2.15. The third-order valence-corrected chi connectivity index (χ3v) is 4.11. The number of nitrogens with zero attached hydrogens (tertiary/aromatic N) is 3. The average molecular weight is 367 g/mol. The van der Waals surface area contributed by atoms with E-state index in [1.54, 1.807) is 30.5 Å². The topological polar surface area (TPSA) is 83.0 Å². The molecule has 0 aliphatic heterocycles. The molecule has 7 heteroatoms. The Morgan fingerprint density at radius 1 is 1.04 bits per heavy atom.